The Kier molecular flexibility index (Phi) is 3.19. The Balaban J connectivity index is 1.92. The minimum Gasteiger partial charge on any atom is -0.443 e. The van der Waals surface area contributed by atoms with E-state index in [9.17, 15) is 9.18 Å². The number of amides is 1. The SMILES string of the molecule is Nc1ccc(SCC2CNC(=O)O2)c(F)c1. The molecule has 1 aliphatic rings. The molecule has 1 aromatic carbocycles. The zero-order valence-electron chi connectivity index (χ0n) is 8.40. The second-order valence-corrected chi connectivity index (χ2v) is 4.47. The van der Waals surface area contributed by atoms with Crippen LogP contribution in [0.4, 0.5) is 14.9 Å². The smallest absolute Gasteiger partial charge is 0.407 e. The minimum atomic E-state index is -0.414. The Labute approximate surface area is 96.3 Å². The molecule has 1 saturated heterocycles. The number of cyclic esters (lactones) is 1. The van der Waals surface area contributed by atoms with E-state index in [1.165, 1.54) is 17.8 Å². The van der Waals surface area contributed by atoms with E-state index in [1.54, 1.807) is 12.1 Å². The van der Waals surface area contributed by atoms with Crippen LogP contribution in [0.2, 0.25) is 0 Å². The number of hydrogen-bond acceptors (Lipinski definition) is 4. The topological polar surface area (TPSA) is 64.3 Å². The third kappa shape index (κ3) is 2.57. The number of nitrogens with one attached hydrogen (secondary N) is 1. The molecule has 1 heterocycles. The molecule has 0 radical (unpaired) electrons. The molecule has 1 amide bonds. The largest absolute Gasteiger partial charge is 0.443 e. The van der Waals surface area contributed by atoms with Crippen molar-refractivity contribution in [1.82, 2.24) is 5.32 Å². The van der Waals surface area contributed by atoms with Crippen molar-refractivity contribution in [1.29, 1.82) is 0 Å². The number of halogens is 1. The molecule has 1 aliphatic heterocycles. The summed E-state index contributed by atoms with van der Waals surface area (Å²) in [5, 5.41) is 2.54. The van der Waals surface area contributed by atoms with Gasteiger partial charge in [0.25, 0.3) is 0 Å². The number of carbonyl (C=O) groups excluding carboxylic acids is 1. The quantitative estimate of drug-likeness (QED) is 0.624. The lowest BCUT2D eigenvalue weighted by Crippen LogP contribution is -2.16. The van der Waals surface area contributed by atoms with Gasteiger partial charge in [0.15, 0.2) is 0 Å². The minimum absolute atomic E-state index is 0.200. The summed E-state index contributed by atoms with van der Waals surface area (Å²) in [6.45, 7) is 0.475. The standard InChI is InChI=1S/C10H11FN2O2S/c11-8-3-6(12)1-2-9(8)16-5-7-4-13-10(14)15-7/h1-3,7H,4-5,12H2,(H,13,14). The van der Waals surface area contributed by atoms with Gasteiger partial charge >= 0.3 is 6.09 Å². The molecule has 0 saturated carbocycles. The molecule has 3 N–H and O–H groups in total. The van der Waals surface area contributed by atoms with E-state index in [2.05, 4.69) is 5.32 Å². The molecule has 2 rings (SSSR count). The molecule has 16 heavy (non-hydrogen) atoms. The Morgan fingerprint density at radius 3 is 3.06 bits per heavy atom. The van der Waals surface area contributed by atoms with Crippen LogP contribution in [0.1, 0.15) is 0 Å². The van der Waals surface area contributed by atoms with Crippen molar-refractivity contribution in [3.63, 3.8) is 0 Å². The van der Waals surface area contributed by atoms with Crippen molar-refractivity contribution in [3.8, 4) is 0 Å². The molecular formula is C10H11FN2O2S. The predicted octanol–water partition coefficient (Wildman–Crippen LogP) is 1.61. The average molecular weight is 242 g/mol. The summed E-state index contributed by atoms with van der Waals surface area (Å²) in [6.07, 6.45) is -0.613. The van der Waals surface area contributed by atoms with Crippen LogP contribution >= 0.6 is 11.8 Å². The van der Waals surface area contributed by atoms with E-state index < -0.39 is 6.09 Å². The predicted molar refractivity (Wildman–Crippen MR) is 59.8 cm³/mol. The maximum atomic E-state index is 13.4. The fourth-order valence-electron chi connectivity index (χ4n) is 1.34. The number of ether oxygens (including phenoxy) is 1. The summed E-state index contributed by atoms with van der Waals surface area (Å²) in [6, 6.07) is 4.55. The number of nitrogens with two attached hydrogens (primary N) is 1. The molecule has 0 bridgehead atoms. The molecule has 0 aromatic heterocycles. The van der Waals surface area contributed by atoms with E-state index in [4.69, 9.17) is 10.5 Å². The highest BCUT2D eigenvalue weighted by molar-refractivity contribution is 7.99. The Morgan fingerprint density at radius 1 is 1.62 bits per heavy atom. The Bertz CT molecular complexity index is 414. The van der Waals surface area contributed by atoms with Crippen LogP contribution in [0, 0.1) is 5.82 Å². The van der Waals surface area contributed by atoms with Crippen molar-refractivity contribution in [3.05, 3.63) is 24.0 Å². The highest BCUT2D eigenvalue weighted by Gasteiger charge is 2.22. The molecule has 6 heteroatoms. The highest BCUT2D eigenvalue weighted by atomic mass is 32.2. The number of rotatable bonds is 3. The first-order valence-corrected chi connectivity index (χ1v) is 5.76. The molecule has 86 valence electrons. The van der Waals surface area contributed by atoms with Crippen LogP contribution in [-0.4, -0.2) is 24.5 Å². The number of hydrogen-bond donors (Lipinski definition) is 2. The summed E-state index contributed by atoms with van der Waals surface area (Å²) in [5.41, 5.74) is 5.83. The second kappa shape index (κ2) is 4.61. The first-order chi connectivity index (χ1) is 7.65. The second-order valence-electron chi connectivity index (χ2n) is 3.41. The fourth-order valence-corrected chi connectivity index (χ4v) is 2.25. The van der Waals surface area contributed by atoms with Crippen LogP contribution in [0.25, 0.3) is 0 Å². The van der Waals surface area contributed by atoms with Gasteiger partial charge in [0.2, 0.25) is 0 Å². The number of thioether (sulfide) groups is 1. The van der Waals surface area contributed by atoms with Crippen LogP contribution in [0.15, 0.2) is 23.1 Å². The number of nitrogen functional groups attached to an aromatic ring is 1. The van der Waals surface area contributed by atoms with Gasteiger partial charge in [0, 0.05) is 16.3 Å². The van der Waals surface area contributed by atoms with Crippen LogP contribution in [0.5, 0.6) is 0 Å². The Morgan fingerprint density at radius 2 is 2.44 bits per heavy atom. The average Bonchev–Trinajstić information content (AvgIpc) is 2.63. The molecular weight excluding hydrogens is 231 g/mol. The van der Waals surface area contributed by atoms with Crippen molar-refractivity contribution >= 4 is 23.5 Å². The van der Waals surface area contributed by atoms with E-state index in [-0.39, 0.29) is 11.9 Å². The van der Waals surface area contributed by atoms with Gasteiger partial charge in [-0.05, 0) is 18.2 Å². The van der Waals surface area contributed by atoms with Crippen LogP contribution in [0.3, 0.4) is 0 Å². The van der Waals surface area contributed by atoms with Gasteiger partial charge in [-0.1, -0.05) is 0 Å². The number of alkyl carbamates (subject to hydrolysis) is 1. The van der Waals surface area contributed by atoms with Gasteiger partial charge in [-0.2, -0.15) is 0 Å². The number of benzene rings is 1. The zero-order valence-corrected chi connectivity index (χ0v) is 9.22. The lowest BCUT2D eigenvalue weighted by atomic mass is 10.3. The maximum Gasteiger partial charge on any atom is 0.407 e. The van der Waals surface area contributed by atoms with Gasteiger partial charge in [-0.25, -0.2) is 9.18 Å². The Hall–Kier alpha value is -1.43. The molecule has 1 fully saturated rings. The van der Waals surface area contributed by atoms with Gasteiger partial charge in [-0.15, -0.1) is 11.8 Å². The van der Waals surface area contributed by atoms with Crippen molar-refractivity contribution in [2.24, 2.45) is 0 Å². The monoisotopic (exact) mass is 242 g/mol. The molecule has 1 unspecified atom stereocenters. The van der Waals surface area contributed by atoms with Crippen molar-refractivity contribution in [2.45, 2.75) is 11.0 Å². The zero-order chi connectivity index (χ0) is 11.5. The summed E-state index contributed by atoms with van der Waals surface area (Å²) in [7, 11) is 0. The summed E-state index contributed by atoms with van der Waals surface area (Å²) in [4.78, 5) is 11.3. The number of anilines is 1. The van der Waals surface area contributed by atoms with E-state index in [0.717, 1.165) is 0 Å². The summed E-state index contributed by atoms with van der Waals surface area (Å²) >= 11 is 1.31. The van der Waals surface area contributed by atoms with Gasteiger partial charge in [0.05, 0.1) is 6.54 Å². The van der Waals surface area contributed by atoms with E-state index in [0.29, 0.717) is 22.9 Å². The lowest BCUT2D eigenvalue weighted by Gasteiger charge is -2.08. The van der Waals surface area contributed by atoms with Gasteiger partial charge in [-0.3, -0.25) is 0 Å². The molecule has 0 aliphatic carbocycles. The van der Waals surface area contributed by atoms with Crippen LogP contribution < -0.4 is 11.1 Å². The molecule has 0 spiro atoms. The molecule has 4 nitrogen and oxygen atoms in total. The fraction of sp³-hybridized carbons (Fsp3) is 0.300. The van der Waals surface area contributed by atoms with Crippen molar-refractivity contribution in [2.75, 3.05) is 18.0 Å². The van der Waals surface area contributed by atoms with E-state index in [1.807, 2.05) is 0 Å². The lowest BCUT2D eigenvalue weighted by molar-refractivity contribution is 0.150. The van der Waals surface area contributed by atoms with Gasteiger partial charge < -0.3 is 15.8 Å². The third-order valence-electron chi connectivity index (χ3n) is 2.13. The summed E-state index contributed by atoms with van der Waals surface area (Å²) < 4.78 is 18.3. The van der Waals surface area contributed by atoms with E-state index >= 15 is 0 Å². The highest BCUT2D eigenvalue weighted by Crippen LogP contribution is 2.25. The van der Waals surface area contributed by atoms with Crippen LogP contribution in [-0.2, 0) is 4.74 Å². The van der Waals surface area contributed by atoms with Crippen molar-refractivity contribution < 1.29 is 13.9 Å². The first kappa shape index (κ1) is 11.1. The normalized spacial score (nSPS) is 19.3. The number of carbonyl (C=O) groups is 1. The molecule has 1 atom stereocenters. The maximum absolute atomic E-state index is 13.4. The van der Waals surface area contributed by atoms with Gasteiger partial charge in [0.1, 0.15) is 11.9 Å². The third-order valence-corrected chi connectivity index (χ3v) is 3.31. The summed E-state index contributed by atoms with van der Waals surface area (Å²) in [5.74, 6) is 0.182. The first-order valence-electron chi connectivity index (χ1n) is 4.77. The molecule has 1 aromatic rings.